The van der Waals surface area contributed by atoms with Crippen LogP contribution in [0.3, 0.4) is 0 Å². The van der Waals surface area contributed by atoms with Gasteiger partial charge in [-0.2, -0.15) is 0 Å². The van der Waals surface area contributed by atoms with Gasteiger partial charge in [0.25, 0.3) is 0 Å². The van der Waals surface area contributed by atoms with E-state index in [1.807, 2.05) is 36.4 Å². The number of benzene rings is 2. The average molecular weight is 726 g/mol. The normalized spacial score (nSPS) is 18.0. The Kier molecular flexibility index (Phi) is 17.0. The van der Waals surface area contributed by atoms with Crippen molar-refractivity contribution in [2.75, 3.05) is 27.2 Å². The molecule has 0 spiro atoms. The maximum Gasteiger partial charge on any atom is 0.326 e. The van der Waals surface area contributed by atoms with Gasteiger partial charge in [-0.05, 0) is 70.5 Å². The first kappa shape index (κ1) is 41.9. The van der Waals surface area contributed by atoms with Crippen LogP contribution in [0.5, 0.6) is 5.75 Å². The van der Waals surface area contributed by atoms with E-state index in [0.29, 0.717) is 56.7 Å². The van der Waals surface area contributed by atoms with E-state index in [9.17, 15) is 34.2 Å². The number of hydrogen-bond acceptors (Lipinski definition) is 9. The van der Waals surface area contributed by atoms with Crippen molar-refractivity contribution in [2.45, 2.75) is 108 Å². The Morgan fingerprint density at radius 3 is 2.37 bits per heavy atom. The largest absolute Gasteiger partial charge is 0.489 e. The molecule has 1 aliphatic heterocycles. The van der Waals surface area contributed by atoms with Crippen molar-refractivity contribution in [3.05, 3.63) is 65.7 Å². The predicted octanol–water partition coefficient (Wildman–Crippen LogP) is 2.01. The molecule has 0 unspecified atom stereocenters. The van der Waals surface area contributed by atoms with Crippen molar-refractivity contribution >= 4 is 29.6 Å². The van der Waals surface area contributed by atoms with Crippen LogP contribution in [-0.2, 0) is 41.7 Å². The number of carboxylic acid groups (broad SMARTS) is 1. The summed E-state index contributed by atoms with van der Waals surface area (Å²) in [6.45, 7) is 3.99. The van der Waals surface area contributed by atoms with Crippen LogP contribution in [0.15, 0.2) is 54.6 Å². The van der Waals surface area contributed by atoms with Crippen molar-refractivity contribution in [1.29, 1.82) is 0 Å². The Bertz CT molecular complexity index is 1470. The fourth-order valence-electron chi connectivity index (χ4n) is 6.25. The molecule has 14 nitrogen and oxygen atoms in total. The molecular weight excluding hydrogens is 670 g/mol. The molecule has 0 aliphatic carbocycles. The molecule has 0 aromatic heterocycles. The second-order valence-corrected chi connectivity index (χ2v) is 13.3. The fourth-order valence-corrected chi connectivity index (χ4v) is 6.25. The maximum absolute atomic E-state index is 14.0. The molecule has 0 bridgehead atoms. The standard InChI is InChI=1S/C38H55N5O9/c1-25(42(3)34(46)23-28-15-8-9-17-31(28)52-24-27-13-6-5-7-14-27)36(47)41-35(26(2)44)37(48)43-22-12-18-32(51-4)30(43)19-20-33(45)40-29(38(49)50)16-10-11-21-39/h5-9,13-15,17,25-26,29-30,32,35,44H,10-12,16,18-24,39H2,1-4H3,(H,40,45)(H,41,47)(H,49,50)/t25-,26+,29+,30-,32-,35+/m1/s1. The van der Waals surface area contributed by atoms with E-state index in [1.54, 1.807) is 18.2 Å². The Morgan fingerprint density at radius 1 is 1.02 bits per heavy atom. The number of nitrogens with zero attached hydrogens (tertiary/aromatic N) is 2. The van der Waals surface area contributed by atoms with E-state index < -0.39 is 60.1 Å². The summed E-state index contributed by atoms with van der Waals surface area (Å²) in [6.07, 6.45) is 1.05. The van der Waals surface area contributed by atoms with Gasteiger partial charge >= 0.3 is 5.97 Å². The number of unbranched alkanes of at least 4 members (excludes halogenated alkanes) is 1. The number of para-hydroxylation sites is 1. The number of likely N-dealkylation sites (N-methyl/N-ethyl adjacent to an activating group) is 1. The van der Waals surface area contributed by atoms with Gasteiger partial charge in [-0.1, -0.05) is 48.5 Å². The summed E-state index contributed by atoms with van der Waals surface area (Å²) in [5.74, 6) is -2.58. The molecule has 0 radical (unpaired) electrons. The zero-order valence-corrected chi connectivity index (χ0v) is 30.7. The highest BCUT2D eigenvalue weighted by Gasteiger charge is 2.40. The monoisotopic (exact) mass is 725 g/mol. The molecule has 1 fully saturated rings. The van der Waals surface area contributed by atoms with E-state index in [-0.39, 0.29) is 31.6 Å². The number of piperidine rings is 1. The highest BCUT2D eigenvalue weighted by molar-refractivity contribution is 5.92. The molecule has 4 amide bonds. The zero-order valence-electron chi connectivity index (χ0n) is 30.7. The molecule has 3 rings (SSSR count). The maximum atomic E-state index is 14.0. The first-order valence-corrected chi connectivity index (χ1v) is 17.9. The summed E-state index contributed by atoms with van der Waals surface area (Å²) in [4.78, 5) is 68.2. The molecule has 0 saturated carbocycles. The van der Waals surface area contributed by atoms with Crippen LogP contribution in [-0.4, -0.2) is 113 Å². The van der Waals surface area contributed by atoms with E-state index in [1.165, 1.54) is 37.8 Å². The molecule has 6 atom stereocenters. The van der Waals surface area contributed by atoms with Gasteiger partial charge < -0.3 is 45.9 Å². The number of aliphatic hydroxyl groups is 1. The van der Waals surface area contributed by atoms with Crippen molar-refractivity contribution in [1.82, 2.24) is 20.4 Å². The van der Waals surface area contributed by atoms with Crippen molar-refractivity contribution < 1.29 is 43.7 Å². The number of ether oxygens (including phenoxy) is 2. The van der Waals surface area contributed by atoms with Gasteiger partial charge in [0, 0.05) is 32.7 Å². The molecule has 1 saturated heterocycles. The molecule has 14 heteroatoms. The number of carbonyl (C=O) groups excluding carboxylic acids is 4. The van der Waals surface area contributed by atoms with Crippen LogP contribution in [0.25, 0.3) is 0 Å². The Hall–Kier alpha value is -4.53. The van der Waals surface area contributed by atoms with Gasteiger partial charge in [0.2, 0.25) is 23.6 Å². The van der Waals surface area contributed by atoms with Gasteiger partial charge in [-0.15, -0.1) is 0 Å². The summed E-state index contributed by atoms with van der Waals surface area (Å²) in [7, 11) is 3.02. The Morgan fingerprint density at radius 2 is 1.71 bits per heavy atom. The minimum absolute atomic E-state index is 0.0276. The third-order valence-electron chi connectivity index (χ3n) is 9.50. The van der Waals surface area contributed by atoms with Gasteiger partial charge in [0.1, 0.15) is 30.5 Å². The highest BCUT2D eigenvalue weighted by Crippen LogP contribution is 2.26. The number of carboxylic acids is 1. The fraction of sp³-hybridized carbons (Fsp3) is 0.553. The summed E-state index contributed by atoms with van der Waals surface area (Å²) in [5, 5.41) is 25.5. The molecule has 52 heavy (non-hydrogen) atoms. The van der Waals surface area contributed by atoms with E-state index in [0.717, 1.165) is 5.56 Å². The number of carbonyl (C=O) groups is 5. The second-order valence-electron chi connectivity index (χ2n) is 13.3. The molecule has 1 heterocycles. The Balaban J connectivity index is 1.65. The number of amides is 4. The van der Waals surface area contributed by atoms with Crippen LogP contribution < -0.4 is 21.1 Å². The molecular formula is C38H55N5O9. The lowest BCUT2D eigenvalue weighted by Crippen LogP contribution is -2.61. The van der Waals surface area contributed by atoms with E-state index in [2.05, 4.69) is 10.6 Å². The number of aliphatic hydroxyl groups excluding tert-OH is 1. The van der Waals surface area contributed by atoms with Gasteiger partial charge in [-0.25, -0.2) is 4.79 Å². The molecule has 286 valence electrons. The van der Waals surface area contributed by atoms with Crippen LogP contribution in [0.2, 0.25) is 0 Å². The zero-order chi connectivity index (χ0) is 38.2. The number of nitrogens with one attached hydrogen (secondary N) is 2. The lowest BCUT2D eigenvalue weighted by Gasteiger charge is -2.42. The van der Waals surface area contributed by atoms with Crippen LogP contribution in [0, 0.1) is 0 Å². The van der Waals surface area contributed by atoms with Crippen molar-refractivity contribution in [3.63, 3.8) is 0 Å². The SMILES string of the molecule is CO[C@@H]1CCCN(C(=O)[C@@H](NC(=O)[C@@H](C)N(C)C(=O)Cc2ccccc2OCc2ccccc2)[C@H](C)O)[C@@H]1CCC(=O)N[C@@H](CCCCN)C(=O)O. The number of aliphatic carboxylic acids is 1. The molecule has 1 aliphatic rings. The quantitative estimate of drug-likeness (QED) is 0.126. The second kappa shape index (κ2) is 21.1. The number of methoxy groups -OCH3 is 1. The highest BCUT2D eigenvalue weighted by atomic mass is 16.5. The first-order chi connectivity index (χ1) is 24.9. The third-order valence-corrected chi connectivity index (χ3v) is 9.50. The van der Waals surface area contributed by atoms with Crippen LogP contribution >= 0.6 is 0 Å². The molecule has 2 aromatic rings. The van der Waals surface area contributed by atoms with Crippen molar-refractivity contribution in [2.24, 2.45) is 5.73 Å². The molecule has 6 N–H and O–H groups in total. The smallest absolute Gasteiger partial charge is 0.326 e. The summed E-state index contributed by atoms with van der Waals surface area (Å²) in [6, 6.07) is 12.9. The minimum Gasteiger partial charge on any atom is -0.489 e. The summed E-state index contributed by atoms with van der Waals surface area (Å²) in [5.41, 5.74) is 7.14. The van der Waals surface area contributed by atoms with E-state index >= 15 is 0 Å². The number of rotatable bonds is 20. The summed E-state index contributed by atoms with van der Waals surface area (Å²) < 4.78 is 11.7. The van der Waals surface area contributed by atoms with Crippen LogP contribution in [0.1, 0.15) is 69.9 Å². The Labute approximate surface area is 306 Å². The van der Waals surface area contributed by atoms with Gasteiger partial charge in [-0.3, -0.25) is 19.2 Å². The average Bonchev–Trinajstić information content (AvgIpc) is 3.14. The first-order valence-electron chi connectivity index (χ1n) is 17.9. The van der Waals surface area contributed by atoms with E-state index in [4.69, 9.17) is 15.2 Å². The lowest BCUT2D eigenvalue weighted by atomic mass is 9.93. The number of hydrogen-bond donors (Lipinski definition) is 5. The topological polar surface area (TPSA) is 201 Å². The number of likely N-dealkylation sites (tertiary alicyclic amines) is 1. The minimum atomic E-state index is -1.34. The number of nitrogens with two attached hydrogens (primary N) is 1. The predicted molar refractivity (Wildman–Crippen MR) is 194 cm³/mol. The van der Waals surface area contributed by atoms with Gasteiger partial charge in [0.15, 0.2) is 0 Å². The third kappa shape index (κ3) is 12.3. The molecule has 2 aromatic carbocycles. The van der Waals surface area contributed by atoms with Crippen molar-refractivity contribution in [3.8, 4) is 5.75 Å². The van der Waals surface area contributed by atoms with Crippen LogP contribution in [0.4, 0.5) is 0 Å². The summed E-state index contributed by atoms with van der Waals surface area (Å²) >= 11 is 0. The lowest BCUT2D eigenvalue weighted by molar-refractivity contribution is -0.148. The van der Waals surface area contributed by atoms with Gasteiger partial charge in [0.05, 0.1) is 24.7 Å².